The number of benzene rings is 1. The van der Waals surface area contributed by atoms with Crippen molar-refractivity contribution in [3.63, 3.8) is 0 Å². The number of piperidine rings is 1. The number of rotatable bonds is 9. The number of anilines is 1. The van der Waals surface area contributed by atoms with Gasteiger partial charge in [-0.1, -0.05) is 6.07 Å². The van der Waals surface area contributed by atoms with Gasteiger partial charge >= 0.3 is 6.09 Å². The zero-order valence-electron chi connectivity index (χ0n) is 18.0. The molecule has 3 saturated heterocycles. The van der Waals surface area contributed by atoms with Gasteiger partial charge in [0.05, 0.1) is 37.1 Å². The third-order valence-electron chi connectivity index (χ3n) is 5.86. The molecular weight excluding hydrogens is 439 g/mol. The molecule has 4 atom stereocenters. The second-order valence-corrected chi connectivity index (χ2v) is 9.73. The number of nitrogens with one attached hydrogen (secondary N) is 2. The average molecular weight is 467 g/mol. The Labute approximate surface area is 188 Å². The minimum absolute atomic E-state index is 0.0766. The predicted molar refractivity (Wildman–Crippen MR) is 117 cm³/mol. The van der Waals surface area contributed by atoms with Crippen LogP contribution in [-0.2, 0) is 25.2 Å². The van der Waals surface area contributed by atoms with Crippen molar-refractivity contribution in [2.24, 2.45) is 0 Å². The molecule has 3 aliphatic heterocycles. The summed E-state index contributed by atoms with van der Waals surface area (Å²) >= 11 is 0. The zero-order valence-corrected chi connectivity index (χ0v) is 18.8. The van der Waals surface area contributed by atoms with Gasteiger partial charge in [0.25, 0.3) is 0 Å². The van der Waals surface area contributed by atoms with Crippen molar-refractivity contribution in [2.75, 3.05) is 43.1 Å². The van der Waals surface area contributed by atoms with E-state index in [1.54, 1.807) is 24.6 Å². The highest BCUT2D eigenvalue weighted by molar-refractivity contribution is 7.84. The van der Waals surface area contributed by atoms with E-state index >= 15 is 0 Å². The number of fused-ring (bicyclic) bond motifs is 1. The maximum atomic E-state index is 14.9. The highest BCUT2D eigenvalue weighted by Gasteiger charge is 2.49. The first-order valence-corrected chi connectivity index (χ1v) is 12.2. The van der Waals surface area contributed by atoms with Gasteiger partial charge in [0.15, 0.2) is 0 Å². The van der Waals surface area contributed by atoms with Crippen molar-refractivity contribution in [1.82, 2.24) is 15.7 Å². The normalized spacial score (nSPS) is 26.2. The first-order valence-electron chi connectivity index (χ1n) is 10.5. The number of halogens is 1. The summed E-state index contributed by atoms with van der Waals surface area (Å²) < 4.78 is 31.1. The van der Waals surface area contributed by atoms with E-state index in [-0.39, 0.29) is 36.8 Å². The van der Waals surface area contributed by atoms with Crippen LogP contribution in [0.15, 0.2) is 30.1 Å². The number of nitrogens with zero attached hydrogens (tertiary/aromatic N) is 2. The van der Waals surface area contributed by atoms with Crippen molar-refractivity contribution in [3.8, 4) is 0 Å². The van der Waals surface area contributed by atoms with Crippen LogP contribution in [-0.4, -0.2) is 71.5 Å². The van der Waals surface area contributed by atoms with E-state index < -0.39 is 23.0 Å². The van der Waals surface area contributed by atoms with Crippen LogP contribution in [0.1, 0.15) is 24.8 Å². The van der Waals surface area contributed by atoms with Gasteiger partial charge in [0, 0.05) is 48.4 Å². The van der Waals surface area contributed by atoms with E-state index in [2.05, 4.69) is 15.7 Å². The first-order chi connectivity index (χ1) is 15.3. The Morgan fingerprint density at radius 2 is 2.22 bits per heavy atom. The lowest BCUT2D eigenvalue weighted by Crippen LogP contribution is -2.33. The lowest BCUT2D eigenvalue weighted by molar-refractivity contribution is -0.119. The summed E-state index contributed by atoms with van der Waals surface area (Å²) in [7, 11) is -0.882. The van der Waals surface area contributed by atoms with E-state index in [1.165, 1.54) is 17.9 Å². The van der Waals surface area contributed by atoms with Gasteiger partial charge in [-0.15, -0.1) is 0 Å². The third kappa shape index (κ3) is 5.04. The van der Waals surface area contributed by atoms with Crippen molar-refractivity contribution >= 4 is 28.5 Å². The second-order valence-electron chi connectivity index (χ2n) is 8.17. The van der Waals surface area contributed by atoms with Crippen molar-refractivity contribution < 1.29 is 27.8 Å². The minimum atomic E-state index is -0.882. The molecule has 174 valence electrons. The number of amides is 2. The van der Waals surface area contributed by atoms with Gasteiger partial charge in [0.1, 0.15) is 11.9 Å². The number of hydrogen-bond donors (Lipinski definition) is 2. The number of carbonyl (C=O) groups is 2. The maximum Gasteiger partial charge on any atom is 0.414 e. The molecule has 2 amide bonds. The average Bonchev–Trinajstić information content (AvgIpc) is 3.05. The molecule has 1 aromatic rings. The lowest BCUT2D eigenvalue weighted by Gasteiger charge is -2.17. The fourth-order valence-electron chi connectivity index (χ4n) is 4.20. The summed E-state index contributed by atoms with van der Waals surface area (Å²) in [6.07, 6.45) is 3.24. The molecule has 0 radical (unpaired) electrons. The molecule has 0 spiro atoms. The largest absolute Gasteiger partial charge is 0.442 e. The molecule has 32 heavy (non-hydrogen) atoms. The first kappa shape index (κ1) is 22.5. The molecule has 4 rings (SSSR count). The van der Waals surface area contributed by atoms with Gasteiger partial charge in [-0.2, -0.15) is 0 Å². The van der Waals surface area contributed by atoms with Crippen LogP contribution in [0.2, 0.25) is 0 Å². The fourth-order valence-corrected chi connectivity index (χ4v) is 4.52. The van der Waals surface area contributed by atoms with E-state index in [1.807, 2.05) is 0 Å². The molecular formula is C21H27FN4O5S. The van der Waals surface area contributed by atoms with E-state index in [4.69, 9.17) is 9.57 Å². The van der Waals surface area contributed by atoms with Crippen LogP contribution in [0, 0.1) is 5.82 Å². The Bertz CT molecular complexity index is 944. The molecule has 11 heteroatoms. The van der Waals surface area contributed by atoms with Crippen molar-refractivity contribution in [3.05, 3.63) is 41.5 Å². The van der Waals surface area contributed by atoms with Crippen LogP contribution in [0.4, 0.5) is 14.9 Å². The number of carbonyl (C=O) groups excluding carboxylic acids is 2. The molecule has 3 aliphatic rings. The summed E-state index contributed by atoms with van der Waals surface area (Å²) in [6, 6.07) is 5.13. The highest BCUT2D eigenvalue weighted by atomic mass is 32.2. The monoisotopic (exact) mass is 466 g/mol. The molecule has 3 heterocycles. The quantitative estimate of drug-likeness (QED) is 0.321. The molecule has 0 aromatic heterocycles. The van der Waals surface area contributed by atoms with Crippen LogP contribution in [0.5, 0.6) is 0 Å². The third-order valence-corrected chi connectivity index (χ3v) is 6.60. The molecule has 2 N–H and O–H groups in total. The molecule has 0 bridgehead atoms. The Balaban J connectivity index is 1.29. The van der Waals surface area contributed by atoms with E-state index in [0.717, 1.165) is 18.7 Å². The van der Waals surface area contributed by atoms with Crippen LogP contribution in [0.25, 0.3) is 0 Å². The summed E-state index contributed by atoms with van der Waals surface area (Å²) in [4.78, 5) is 32.0. The summed E-state index contributed by atoms with van der Waals surface area (Å²) in [6.45, 7) is 2.97. The van der Waals surface area contributed by atoms with E-state index in [9.17, 15) is 18.2 Å². The summed E-state index contributed by atoms with van der Waals surface area (Å²) in [5.41, 5.74) is 4.98. The summed E-state index contributed by atoms with van der Waals surface area (Å²) in [5.74, 6) is 0.0160. The zero-order chi connectivity index (χ0) is 22.8. The number of hydrogen-bond acceptors (Lipinski definition) is 7. The van der Waals surface area contributed by atoms with Gasteiger partial charge < -0.3 is 15.0 Å². The predicted octanol–water partition coefficient (Wildman–Crippen LogP) is 1.20. The number of cyclic esters (lactones) is 1. The molecule has 2 unspecified atom stereocenters. The Hall–Kier alpha value is -2.66. The summed E-state index contributed by atoms with van der Waals surface area (Å²) in [5, 5.41) is 2.62. The molecule has 0 saturated carbocycles. The number of ether oxygens (including phenoxy) is 1. The van der Waals surface area contributed by atoms with Gasteiger partial charge in [-0.25, -0.2) is 9.18 Å². The van der Waals surface area contributed by atoms with Crippen LogP contribution < -0.4 is 15.7 Å². The maximum absolute atomic E-state index is 14.9. The van der Waals surface area contributed by atoms with Gasteiger partial charge in [0.2, 0.25) is 5.91 Å². The topological polar surface area (TPSA) is 100.0 Å². The lowest BCUT2D eigenvalue weighted by atomic mass is 9.94. The molecule has 1 aromatic carbocycles. The van der Waals surface area contributed by atoms with Crippen molar-refractivity contribution in [2.45, 2.75) is 31.4 Å². The van der Waals surface area contributed by atoms with Crippen LogP contribution in [0.3, 0.4) is 0 Å². The number of hydroxylamine groups is 1. The Morgan fingerprint density at radius 1 is 1.41 bits per heavy atom. The molecule has 3 fully saturated rings. The minimum Gasteiger partial charge on any atom is -0.442 e. The smallest absolute Gasteiger partial charge is 0.414 e. The standard InChI is InChI=1S/C21H27FN4O5S/c1-13(27)23-9-16-12-25(21(28)31-16)15-3-4-17(18(22)8-15)14-7-19-20(26(19)11-14)10-24-30-5-6-32(2)29/h3-4,8,10,14,16,19,24H,5-7,9,11-12H2,1-2H3,(H,23,27)/t14?,16-,19-,26?,32?/m0/s1. The second kappa shape index (κ2) is 9.45. The molecule has 9 nitrogen and oxygen atoms in total. The van der Waals surface area contributed by atoms with Gasteiger partial charge in [-0.05, 0) is 24.1 Å². The van der Waals surface area contributed by atoms with Gasteiger partial charge in [-0.3, -0.25) is 24.2 Å². The van der Waals surface area contributed by atoms with Crippen LogP contribution >= 0.6 is 0 Å². The molecule has 0 aliphatic carbocycles. The fraction of sp³-hybridized carbons (Fsp3) is 0.524. The van der Waals surface area contributed by atoms with E-state index in [0.29, 0.717) is 23.6 Å². The highest BCUT2D eigenvalue weighted by Crippen LogP contribution is 2.48. The SMILES string of the molecule is CC(=O)NC[C@H]1CN(c2ccc(C3C[C@H]4C(=CNOCCS(C)=O)N4C3)c(F)c2)C(=O)O1. The Morgan fingerprint density at radius 3 is 2.88 bits per heavy atom. The van der Waals surface area contributed by atoms with Crippen molar-refractivity contribution in [1.29, 1.82) is 0 Å². The Kier molecular flexibility index (Phi) is 6.66.